The van der Waals surface area contributed by atoms with Crippen LogP contribution >= 0.6 is 24.2 Å². The third-order valence-corrected chi connectivity index (χ3v) is 1.93. The summed E-state index contributed by atoms with van der Waals surface area (Å²) in [5.74, 6) is 6.22. The van der Waals surface area contributed by atoms with Crippen LogP contribution in [0.3, 0.4) is 0 Å². The lowest BCUT2D eigenvalue weighted by molar-refractivity contribution is 0.281. The Morgan fingerprint density at radius 2 is 2.23 bits per heavy atom. The van der Waals surface area contributed by atoms with Gasteiger partial charge in [0, 0.05) is 10.6 Å². The molecule has 0 heterocycles. The third kappa shape index (κ3) is 2.96. The van der Waals surface area contributed by atoms with Gasteiger partial charge in [-0.2, -0.15) is 12.6 Å². The largest absolute Gasteiger partial charge is 0.392 e. The zero-order valence-electron chi connectivity index (χ0n) is 6.92. The quantitative estimate of drug-likeness (QED) is 0.540. The van der Waals surface area contributed by atoms with Crippen LogP contribution in [0, 0.1) is 11.8 Å². The molecule has 0 saturated carbocycles. The summed E-state index contributed by atoms with van der Waals surface area (Å²) in [6.07, 6.45) is 0. The van der Waals surface area contributed by atoms with Crippen molar-refractivity contribution in [1.29, 1.82) is 0 Å². The van der Waals surface area contributed by atoms with E-state index in [1.165, 1.54) is 0 Å². The highest BCUT2D eigenvalue weighted by Crippen LogP contribution is 2.15. The van der Waals surface area contributed by atoms with E-state index in [1.54, 1.807) is 18.2 Å². The molecule has 0 aliphatic heterocycles. The topological polar surface area (TPSA) is 20.2 Å². The lowest BCUT2D eigenvalue weighted by Crippen LogP contribution is -1.88. The van der Waals surface area contributed by atoms with Crippen LogP contribution in [-0.4, -0.2) is 10.9 Å². The predicted molar refractivity (Wildman–Crippen MR) is 58.1 cm³/mol. The fourth-order valence-electron chi connectivity index (χ4n) is 0.950. The highest BCUT2D eigenvalue weighted by Gasteiger charge is 1.98. The van der Waals surface area contributed by atoms with Crippen LogP contribution in [0.5, 0.6) is 0 Å². The number of hydrogen-bond donors (Lipinski definition) is 2. The van der Waals surface area contributed by atoms with Crippen molar-refractivity contribution in [2.24, 2.45) is 0 Å². The zero-order valence-corrected chi connectivity index (χ0v) is 8.57. The molecule has 0 amide bonds. The number of aliphatic hydroxyl groups excluding tert-OH is 1. The lowest BCUT2D eigenvalue weighted by atomic mass is 10.1. The molecule has 13 heavy (non-hydrogen) atoms. The van der Waals surface area contributed by atoms with Crippen LogP contribution in [0.25, 0.3) is 0 Å². The number of thiol groups is 1. The fourth-order valence-corrected chi connectivity index (χ4v) is 1.22. The van der Waals surface area contributed by atoms with Gasteiger partial charge >= 0.3 is 0 Å². The minimum atomic E-state index is -0.0445. The molecule has 0 fully saturated rings. The van der Waals surface area contributed by atoms with Gasteiger partial charge in [0.25, 0.3) is 0 Å². The molecule has 0 aliphatic rings. The number of halogens is 1. The number of rotatable bonds is 1. The van der Waals surface area contributed by atoms with Crippen LogP contribution in [0.2, 0.25) is 5.02 Å². The van der Waals surface area contributed by atoms with Crippen LogP contribution in [-0.2, 0) is 6.61 Å². The summed E-state index contributed by atoms with van der Waals surface area (Å²) in [6.45, 7) is -0.0445. The van der Waals surface area contributed by atoms with Crippen molar-refractivity contribution in [3.63, 3.8) is 0 Å². The van der Waals surface area contributed by atoms with Gasteiger partial charge in [-0.05, 0) is 23.8 Å². The molecule has 1 aromatic rings. The Kier molecular flexibility index (Phi) is 4.17. The maximum Gasteiger partial charge on any atom is 0.0694 e. The normalized spacial score (nSPS) is 9.15. The monoisotopic (exact) mass is 212 g/mol. The van der Waals surface area contributed by atoms with Crippen molar-refractivity contribution in [1.82, 2.24) is 0 Å². The third-order valence-electron chi connectivity index (χ3n) is 1.54. The molecule has 0 saturated heterocycles. The van der Waals surface area contributed by atoms with Crippen molar-refractivity contribution < 1.29 is 5.11 Å². The molecule has 0 unspecified atom stereocenters. The minimum absolute atomic E-state index is 0.0445. The molecule has 0 aromatic heterocycles. The van der Waals surface area contributed by atoms with E-state index in [2.05, 4.69) is 24.5 Å². The summed E-state index contributed by atoms with van der Waals surface area (Å²) in [7, 11) is 0. The maximum absolute atomic E-state index is 9.00. The number of aliphatic hydroxyl groups is 1. The van der Waals surface area contributed by atoms with Crippen molar-refractivity contribution in [2.45, 2.75) is 6.61 Å². The van der Waals surface area contributed by atoms with Crippen molar-refractivity contribution >= 4 is 24.2 Å². The molecular formula is C10H9ClOS. The Morgan fingerprint density at radius 3 is 2.85 bits per heavy atom. The zero-order chi connectivity index (χ0) is 9.68. The molecule has 1 nitrogen and oxygen atoms in total. The Balaban J connectivity index is 3.06. The molecular weight excluding hydrogens is 204 g/mol. The summed E-state index contributed by atoms with van der Waals surface area (Å²) in [5.41, 5.74) is 1.56. The van der Waals surface area contributed by atoms with Gasteiger partial charge in [0.2, 0.25) is 0 Å². The molecule has 0 spiro atoms. The van der Waals surface area contributed by atoms with Crippen molar-refractivity contribution in [3.05, 3.63) is 34.3 Å². The summed E-state index contributed by atoms with van der Waals surface area (Å²) in [6, 6.07) is 5.26. The summed E-state index contributed by atoms with van der Waals surface area (Å²) in [4.78, 5) is 0. The molecule has 1 aromatic carbocycles. The first kappa shape index (κ1) is 10.5. The van der Waals surface area contributed by atoms with Crippen molar-refractivity contribution in [3.8, 4) is 11.8 Å². The molecule has 0 bridgehead atoms. The van der Waals surface area contributed by atoms with Crippen LogP contribution in [0.4, 0.5) is 0 Å². The second kappa shape index (κ2) is 5.18. The second-order valence-corrected chi connectivity index (χ2v) is 3.17. The van der Waals surface area contributed by atoms with Gasteiger partial charge in [-0.1, -0.05) is 23.4 Å². The van der Waals surface area contributed by atoms with Crippen LogP contribution < -0.4 is 0 Å². The first-order valence-electron chi connectivity index (χ1n) is 3.77. The van der Waals surface area contributed by atoms with E-state index in [9.17, 15) is 0 Å². The predicted octanol–water partition coefficient (Wildman–Crippen LogP) is 2.11. The van der Waals surface area contributed by atoms with E-state index in [4.69, 9.17) is 16.7 Å². The first-order valence-corrected chi connectivity index (χ1v) is 4.78. The fraction of sp³-hybridized carbons (Fsp3) is 0.200. The van der Waals surface area contributed by atoms with Gasteiger partial charge in [0.1, 0.15) is 0 Å². The van der Waals surface area contributed by atoms with E-state index >= 15 is 0 Å². The highest BCUT2D eigenvalue weighted by atomic mass is 35.5. The Labute approximate surface area is 88.1 Å². The van der Waals surface area contributed by atoms with Gasteiger partial charge in [-0.15, -0.1) is 0 Å². The summed E-state index contributed by atoms with van der Waals surface area (Å²) >= 11 is 9.73. The Hall–Kier alpha value is -0.620. The highest BCUT2D eigenvalue weighted by molar-refractivity contribution is 7.80. The van der Waals surface area contributed by atoms with Gasteiger partial charge < -0.3 is 5.11 Å². The van der Waals surface area contributed by atoms with E-state index < -0.39 is 0 Å². The summed E-state index contributed by atoms with van der Waals surface area (Å²) < 4.78 is 0. The molecule has 3 heteroatoms. The van der Waals surface area contributed by atoms with Gasteiger partial charge in [-0.3, -0.25) is 0 Å². The number of hydrogen-bond acceptors (Lipinski definition) is 2. The van der Waals surface area contributed by atoms with E-state index in [0.717, 1.165) is 11.1 Å². The lowest BCUT2D eigenvalue weighted by Gasteiger charge is -2.00. The average molecular weight is 213 g/mol. The van der Waals surface area contributed by atoms with E-state index in [1.807, 2.05) is 0 Å². The summed E-state index contributed by atoms with van der Waals surface area (Å²) in [5, 5.41) is 9.61. The molecule has 68 valence electrons. The van der Waals surface area contributed by atoms with Crippen molar-refractivity contribution in [2.75, 3.05) is 5.75 Å². The molecule has 0 aliphatic carbocycles. The maximum atomic E-state index is 9.00. The second-order valence-electron chi connectivity index (χ2n) is 2.42. The molecule has 1 N–H and O–H groups in total. The Morgan fingerprint density at radius 1 is 1.46 bits per heavy atom. The average Bonchev–Trinajstić information content (AvgIpc) is 2.16. The number of benzene rings is 1. The standard InChI is InChI=1S/C10H9ClOS/c11-10-4-3-8(2-1-5-13)9(6-10)7-12/h3-4,6,12-13H,5,7H2. The SMILES string of the molecule is OCc1cc(Cl)ccc1C#CCS. The van der Waals surface area contributed by atoms with Gasteiger partial charge in [0.15, 0.2) is 0 Å². The van der Waals surface area contributed by atoms with E-state index in [-0.39, 0.29) is 6.61 Å². The van der Waals surface area contributed by atoms with E-state index in [0.29, 0.717) is 10.8 Å². The smallest absolute Gasteiger partial charge is 0.0694 e. The van der Waals surface area contributed by atoms with Crippen LogP contribution in [0.1, 0.15) is 11.1 Å². The minimum Gasteiger partial charge on any atom is -0.392 e. The van der Waals surface area contributed by atoms with Gasteiger partial charge in [-0.25, -0.2) is 0 Å². The Bertz CT molecular complexity index is 352. The molecule has 0 radical (unpaired) electrons. The van der Waals surface area contributed by atoms with Crippen LogP contribution in [0.15, 0.2) is 18.2 Å². The van der Waals surface area contributed by atoms with Gasteiger partial charge in [0.05, 0.1) is 12.4 Å². The first-order chi connectivity index (χ1) is 6.27. The molecule has 0 atom stereocenters. The molecule has 1 rings (SSSR count).